The number of imidazole rings is 1. The highest BCUT2D eigenvalue weighted by Gasteiger charge is 2.20. The van der Waals surface area contributed by atoms with Crippen molar-refractivity contribution in [3.05, 3.63) is 41.2 Å². The van der Waals surface area contributed by atoms with Crippen LogP contribution in [0, 0.1) is 0 Å². The van der Waals surface area contributed by atoms with Crippen LogP contribution < -0.4 is 0 Å². The Hall–Kier alpha value is -1.85. The number of hydrogen-bond donors (Lipinski definition) is 0. The van der Waals surface area contributed by atoms with E-state index in [1.54, 1.807) is 0 Å². The third-order valence-corrected chi connectivity index (χ3v) is 4.47. The number of amides is 1. The molecule has 0 N–H and O–H groups in total. The molecule has 2 heterocycles. The van der Waals surface area contributed by atoms with Crippen LogP contribution >= 0.6 is 11.6 Å². The predicted octanol–water partition coefficient (Wildman–Crippen LogP) is 2.06. The number of nitrogens with zero attached hydrogens (tertiary/aromatic N) is 4. The van der Waals surface area contributed by atoms with E-state index in [9.17, 15) is 4.79 Å². The highest BCUT2D eigenvalue weighted by molar-refractivity contribution is 6.30. The molecule has 0 atom stereocenters. The van der Waals surface area contributed by atoms with Gasteiger partial charge < -0.3 is 14.4 Å². The van der Waals surface area contributed by atoms with E-state index in [0.29, 0.717) is 11.4 Å². The van der Waals surface area contributed by atoms with Gasteiger partial charge in [0.2, 0.25) is 5.91 Å². The molecule has 122 valence electrons. The molecule has 0 saturated carbocycles. The average molecular weight is 333 g/mol. The maximum Gasteiger partial charge on any atom is 0.228 e. The van der Waals surface area contributed by atoms with Crippen molar-refractivity contribution in [2.75, 3.05) is 33.2 Å². The number of rotatable bonds is 3. The van der Waals surface area contributed by atoms with Gasteiger partial charge in [-0.15, -0.1) is 0 Å². The zero-order valence-corrected chi connectivity index (χ0v) is 14.3. The minimum Gasteiger partial charge on any atom is -0.340 e. The molecule has 1 saturated heterocycles. The monoisotopic (exact) mass is 332 g/mol. The van der Waals surface area contributed by atoms with Crippen molar-refractivity contribution in [1.82, 2.24) is 19.4 Å². The van der Waals surface area contributed by atoms with Gasteiger partial charge in [-0.05, 0) is 31.3 Å². The lowest BCUT2D eigenvalue weighted by atomic mass is 10.2. The predicted molar refractivity (Wildman–Crippen MR) is 91.4 cm³/mol. The lowest BCUT2D eigenvalue weighted by molar-refractivity contribution is -0.132. The van der Waals surface area contributed by atoms with Gasteiger partial charge >= 0.3 is 0 Å². The van der Waals surface area contributed by atoms with Crippen LogP contribution in [0.15, 0.2) is 30.5 Å². The third-order valence-electron chi connectivity index (χ3n) is 4.22. The van der Waals surface area contributed by atoms with E-state index < -0.39 is 0 Å². The molecule has 0 aliphatic carbocycles. The van der Waals surface area contributed by atoms with Gasteiger partial charge in [-0.2, -0.15) is 0 Å². The molecular weight excluding hydrogens is 312 g/mol. The SMILES string of the molecule is CN1CCN(C(=O)Cc2cn(C)c(-c3ccc(Cl)cc3)n2)CC1. The molecule has 5 nitrogen and oxygen atoms in total. The second kappa shape index (κ2) is 6.72. The molecule has 1 amide bonds. The molecule has 6 heteroatoms. The number of hydrogen-bond acceptors (Lipinski definition) is 3. The van der Waals surface area contributed by atoms with Crippen LogP contribution in [-0.4, -0.2) is 58.5 Å². The Morgan fingerprint density at radius 1 is 1.13 bits per heavy atom. The lowest BCUT2D eigenvalue weighted by Crippen LogP contribution is -2.47. The van der Waals surface area contributed by atoms with E-state index in [1.807, 2.05) is 47.0 Å². The number of aryl methyl sites for hydroxylation is 1. The van der Waals surface area contributed by atoms with Crippen molar-refractivity contribution in [3.63, 3.8) is 0 Å². The van der Waals surface area contributed by atoms with Gasteiger partial charge in [0.1, 0.15) is 5.82 Å². The van der Waals surface area contributed by atoms with Crippen LogP contribution in [0.25, 0.3) is 11.4 Å². The Labute approximate surface area is 141 Å². The Morgan fingerprint density at radius 3 is 2.43 bits per heavy atom. The molecule has 1 aliphatic heterocycles. The second-order valence-corrected chi connectivity index (χ2v) is 6.47. The third kappa shape index (κ3) is 3.74. The van der Waals surface area contributed by atoms with Gasteiger partial charge in [-0.1, -0.05) is 11.6 Å². The van der Waals surface area contributed by atoms with Crippen LogP contribution in [0.3, 0.4) is 0 Å². The van der Waals surface area contributed by atoms with E-state index in [0.717, 1.165) is 43.3 Å². The summed E-state index contributed by atoms with van der Waals surface area (Å²) in [5.41, 5.74) is 1.80. The number of carbonyl (C=O) groups excluding carboxylic acids is 1. The maximum atomic E-state index is 12.4. The quantitative estimate of drug-likeness (QED) is 0.864. The first kappa shape index (κ1) is 16.0. The number of halogens is 1. The topological polar surface area (TPSA) is 41.4 Å². The summed E-state index contributed by atoms with van der Waals surface area (Å²) in [6.07, 6.45) is 2.28. The highest BCUT2D eigenvalue weighted by Crippen LogP contribution is 2.21. The Balaban J connectivity index is 1.71. The van der Waals surface area contributed by atoms with Crippen LogP contribution in [0.2, 0.25) is 5.02 Å². The summed E-state index contributed by atoms with van der Waals surface area (Å²) < 4.78 is 1.95. The minimum atomic E-state index is 0.152. The number of carbonyl (C=O) groups is 1. The van der Waals surface area contributed by atoms with Crippen molar-refractivity contribution in [3.8, 4) is 11.4 Å². The van der Waals surface area contributed by atoms with E-state index in [-0.39, 0.29) is 5.91 Å². The van der Waals surface area contributed by atoms with E-state index in [4.69, 9.17) is 11.6 Å². The molecule has 1 aromatic heterocycles. The highest BCUT2D eigenvalue weighted by atomic mass is 35.5. The summed E-state index contributed by atoms with van der Waals surface area (Å²) in [6.45, 7) is 3.46. The lowest BCUT2D eigenvalue weighted by Gasteiger charge is -2.32. The van der Waals surface area contributed by atoms with Gasteiger partial charge in [-0.25, -0.2) is 4.98 Å². The number of benzene rings is 1. The molecule has 1 aromatic carbocycles. The van der Waals surface area contributed by atoms with E-state index in [1.165, 1.54) is 0 Å². The van der Waals surface area contributed by atoms with Gasteiger partial charge in [0.05, 0.1) is 12.1 Å². The summed E-state index contributed by atoms with van der Waals surface area (Å²) in [4.78, 5) is 21.2. The summed E-state index contributed by atoms with van der Waals surface area (Å²) in [7, 11) is 4.03. The molecule has 1 aliphatic rings. The van der Waals surface area contributed by atoms with Crippen LogP contribution in [0.5, 0.6) is 0 Å². The Kier molecular flexibility index (Phi) is 4.68. The fraction of sp³-hybridized carbons (Fsp3) is 0.412. The van der Waals surface area contributed by atoms with Crippen LogP contribution in [0.4, 0.5) is 0 Å². The molecule has 2 aromatic rings. The van der Waals surface area contributed by atoms with E-state index in [2.05, 4.69) is 16.9 Å². The summed E-state index contributed by atoms with van der Waals surface area (Å²) in [5.74, 6) is 1.00. The molecule has 0 radical (unpaired) electrons. The fourth-order valence-electron chi connectivity index (χ4n) is 2.80. The zero-order valence-electron chi connectivity index (χ0n) is 13.5. The first-order chi connectivity index (χ1) is 11.0. The molecule has 3 rings (SSSR count). The van der Waals surface area contributed by atoms with Crippen molar-refractivity contribution in [2.24, 2.45) is 7.05 Å². The molecule has 23 heavy (non-hydrogen) atoms. The normalized spacial score (nSPS) is 15.9. The Bertz CT molecular complexity index is 687. The van der Waals surface area contributed by atoms with E-state index >= 15 is 0 Å². The van der Waals surface area contributed by atoms with Gasteiger partial charge in [-0.3, -0.25) is 4.79 Å². The van der Waals surface area contributed by atoms with Crippen molar-refractivity contribution < 1.29 is 4.79 Å². The van der Waals surface area contributed by atoms with Crippen molar-refractivity contribution >= 4 is 17.5 Å². The molecule has 1 fully saturated rings. The summed E-state index contributed by atoms with van der Waals surface area (Å²) >= 11 is 5.93. The molecule has 0 unspecified atom stereocenters. The van der Waals surface area contributed by atoms with Gasteiger partial charge in [0, 0.05) is 50.0 Å². The number of piperazine rings is 1. The standard InChI is InChI=1S/C17H21ClN4O/c1-20-7-9-22(10-8-20)16(23)11-15-12-21(2)17(19-15)13-3-5-14(18)6-4-13/h3-6,12H,7-11H2,1-2H3. The maximum absolute atomic E-state index is 12.4. The first-order valence-electron chi connectivity index (χ1n) is 7.77. The first-order valence-corrected chi connectivity index (χ1v) is 8.15. The number of likely N-dealkylation sites (N-methyl/N-ethyl adjacent to an activating group) is 1. The molecule has 0 bridgehead atoms. The Morgan fingerprint density at radius 2 is 1.78 bits per heavy atom. The van der Waals surface area contributed by atoms with Crippen LogP contribution in [-0.2, 0) is 18.3 Å². The fourth-order valence-corrected chi connectivity index (χ4v) is 2.93. The molecule has 0 spiro atoms. The van der Waals surface area contributed by atoms with Gasteiger partial charge in [0.15, 0.2) is 0 Å². The zero-order chi connectivity index (χ0) is 16.4. The summed E-state index contributed by atoms with van der Waals surface area (Å²) in [6, 6.07) is 7.58. The van der Waals surface area contributed by atoms with Crippen LogP contribution in [0.1, 0.15) is 5.69 Å². The summed E-state index contributed by atoms with van der Waals surface area (Å²) in [5, 5.41) is 0.702. The van der Waals surface area contributed by atoms with Crippen molar-refractivity contribution in [2.45, 2.75) is 6.42 Å². The second-order valence-electron chi connectivity index (χ2n) is 6.03. The molecular formula is C17H21ClN4O. The number of aromatic nitrogens is 2. The average Bonchev–Trinajstić information content (AvgIpc) is 2.89. The van der Waals surface area contributed by atoms with Crippen molar-refractivity contribution in [1.29, 1.82) is 0 Å². The minimum absolute atomic E-state index is 0.152. The smallest absolute Gasteiger partial charge is 0.228 e. The largest absolute Gasteiger partial charge is 0.340 e. The van der Waals surface area contributed by atoms with Gasteiger partial charge in [0.25, 0.3) is 0 Å².